The van der Waals surface area contributed by atoms with Gasteiger partial charge in [0.25, 0.3) is 0 Å². The third-order valence-corrected chi connectivity index (χ3v) is 2.38. The van der Waals surface area contributed by atoms with Crippen LogP contribution in [0.15, 0.2) is 0 Å². The number of nitrogens with two attached hydrogens (primary N) is 1. The van der Waals surface area contributed by atoms with Gasteiger partial charge in [0.1, 0.15) is 6.10 Å². The number of carbonyl (C=O) groups excluding carboxylic acids is 1. The smallest absolute Gasteiger partial charge is 0.359 e. The Morgan fingerprint density at radius 3 is 2.76 bits per heavy atom. The van der Waals surface area contributed by atoms with Crippen molar-refractivity contribution in [2.45, 2.75) is 33.4 Å². The summed E-state index contributed by atoms with van der Waals surface area (Å²) in [5.41, 5.74) is 7.14. The Kier molecular flexibility index (Phi) is 4.51. The maximum Gasteiger partial charge on any atom is 0.359 e. The van der Waals surface area contributed by atoms with Crippen LogP contribution >= 0.6 is 0 Å². The third kappa shape index (κ3) is 2.97. The number of hydrogen-bond donors (Lipinski definition) is 1. The van der Waals surface area contributed by atoms with Crippen molar-refractivity contribution in [1.29, 1.82) is 0 Å². The SMILES string of the molecule is CCn1nc(C)c(N)c1C(=O)OC(C)COC. The Bertz CT molecular complexity index is 401. The molecule has 1 rings (SSSR count). The van der Waals surface area contributed by atoms with Gasteiger partial charge in [0.15, 0.2) is 5.69 Å². The van der Waals surface area contributed by atoms with Gasteiger partial charge < -0.3 is 15.2 Å². The number of aryl methyl sites for hydroxylation is 2. The van der Waals surface area contributed by atoms with E-state index in [-0.39, 0.29) is 6.10 Å². The van der Waals surface area contributed by atoms with Crippen LogP contribution in [0.3, 0.4) is 0 Å². The van der Waals surface area contributed by atoms with Crippen LogP contribution in [0, 0.1) is 6.92 Å². The van der Waals surface area contributed by atoms with Gasteiger partial charge in [-0.3, -0.25) is 4.68 Å². The van der Waals surface area contributed by atoms with Gasteiger partial charge in [0.2, 0.25) is 0 Å². The fourth-order valence-electron chi connectivity index (χ4n) is 1.55. The molecule has 0 saturated carbocycles. The number of anilines is 1. The highest BCUT2D eigenvalue weighted by Crippen LogP contribution is 2.18. The standard InChI is InChI=1S/C11H19N3O3/c1-5-14-10(9(12)8(3)13-14)11(15)17-7(2)6-16-4/h7H,5-6,12H2,1-4H3. The predicted molar refractivity (Wildman–Crippen MR) is 63.8 cm³/mol. The highest BCUT2D eigenvalue weighted by molar-refractivity contribution is 5.93. The van der Waals surface area contributed by atoms with E-state index in [1.54, 1.807) is 25.6 Å². The summed E-state index contributed by atoms with van der Waals surface area (Å²) < 4.78 is 11.7. The van der Waals surface area contributed by atoms with E-state index in [0.717, 1.165) is 0 Å². The molecule has 6 nitrogen and oxygen atoms in total. The van der Waals surface area contributed by atoms with Crippen molar-refractivity contribution in [2.24, 2.45) is 0 Å². The molecule has 0 spiro atoms. The lowest BCUT2D eigenvalue weighted by Crippen LogP contribution is -2.22. The van der Waals surface area contributed by atoms with Crippen molar-refractivity contribution in [3.63, 3.8) is 0 Å². The first-order chi connectivity index (χ1) is 8.01. The van der Waals surface area contributed by atoms with Gasteiger partial charge >= 0.3 is 5.97 Å². The van der Waals surface area contributed by atoms with E-state index in [4.69, 9.17) is 15.2 Å². The van der Waals surface area contributed by atoms with Crippen LogP contribution in [0.25, 0.3) is 0 Å². The highest BCUT2D eigenvalue weighted by atomic mass is 16.6. The average Bonchev–Trinajstić information content (AvgIpc) is 2.55. The second-order valence-corrected chi connectivity index (χ2v) is 3.83. The Morgan fingerprint density at radius 1 is 1.59 bits per heavy atom. The Morgan fingerprint density at radius 2 is 2.24 bits per heavy atom. The number of rotatable bonds is 5. The molecule has 17 heavy (non-hydrogen) atoms. The second-order valence-electron chi connectivity index (χ2n) is 3.83. The first-order valence-corrected chi connectivity index (χ1v) is 5.54. The molecule has 2 N–H and O–H groups in total. The molecule has 0 bridgehead atoms. The van der Waals surface area contributed by atoms with Gasteiger partial charge in [0.05, 0.1) is 18.0 Å². The summed E-state index contributed by atoms with van der Waals surface area (Å²) in [5.74, 6) is -0.463. The van der Waals surface area contributed by atoms with Crippen molar-refractivity contribution in [2.75, 3.05) is 19.5 Å². The van der Waals surface area contributed by atoms with E-state index in [9.17, 15) is 4.79 Å². The lowest BCUT2D eigenvalue weighted by atomic mass is 10.3. The van der Waals surface area contributed by atoms with Gasteiger partial charge in [-0.2, -0.15) is 5.10 Å². The molecule has 0 saturated heterocycles. The number of nitrogens with zero attached hydrogens (tertiary/aromatic N) is 2. The molecule has 1 aromatic heterocycles. The number of nitrogen functional groups attached to an aromatic ring is 1. The van der Waals surface area contributed by atoms with Crippen molar-refractivity contribution in [1.82, 2.24) is 9.78 Å². The minimum atomic E-state index is -0.463. The van der Waals surface area contributed by atoms with E-state index in [0.29, 0.717) is 30.2 Å². The number of methoxy groups -OCH3 is 1. The van der Waals surface area contributed by atoms with Gasteiger partial charge in [-0.25, -0.2) is 4.79 Å². The zero-order valence-corrected chi connectivity index (χ0v) is 10.7. The molecule has 0 aliphatic carbocycles. The monoisotopic (exact) mass is 241 g/mol. The maximum absolute atomic E-state index is 11.9. The molecule has 6 heteroatoms. The number of hydrogen-bond acceptors (Lipinski definition) is 5. The molecule has 0 radical (unpaired) electrons. The van der Waals surface area contributed by atoms with E-state index in [1.807, 2.05) is 6.92 Å². The molecule has 0 aliphatic heterocycles. The van der Waals surface area contributed by atoms with Crippen molar-refractivity contribution in [3.05, 3.63) is 11.4 Å². The zero-order valence-electron chi connectivity index (χ0n) is 10.7. The number of aromatic nitrogens is 2. The van der Waals surface area contributed by atoms with Crippen LogP contribution in [0.4, 0.5) is 5.69 Å². The zero-order chi connectivity index (χ0) is 13.0. The lowest BCUT2D eigenvalue weighted by molar-refractivity contribution is 0.0109. The fraction of sp³-hybridized carbons (Fsp3) is 0.636. The highest BCUT2D eigenvalue weighted by Gasteiger charge is 2.22. The van der Waals surface area contributed by atoms with Gasteiger partial charge in [-0.15, -0.1) is 0 Å². The molecule has 1 heterocycles. The van der Waals surface area contributed by atoms with Crippen LogP contribution in [-0.2, 0) is 16.0 Å². The van der Waals surface area contributed by atoms with Crippen LogP contribution in [0.2, 0.25) is 0 Å². The first kappa shape index (κ1) is 13.5. The van der Waals surface area contributed by atoms with Crippen molar-refractivity contribution in [3.8, 4) is 0 Å². The van der Waals surface area contributed by atoms with Crippen LogP contribution in [0.1, 0.15) is 30.0 Å². The Hall–Kier alpha value is -1.56. The number of esters is 1. The largest absolute Gasteiger partial charge is 0.455 e. The van der Waals surface area contributed by atoms with Gasteiger partial charge in [-0.1, -0.05) is 0 Å². The number of ether oxygens (including phenoxy) is 2. The predicted octanol–water partition coefficient (Wildman–Crippen LogP) is 0.985. The quantitative estimate of drug-likeness (QED) is 0.777. The first-order valence-electron chi connectivity index (χ1n) is 5.54. The summed E-state index contributed by atoms with van der Waals surface area (Å²) in [4.78, 5) is 11.9. The summed E-state index contributed by atoms with van der Waals surface area (Å²) in [6.45, 7) is 6.33. The topological polar surface area (TPSA) is 79.4 Å². The molecule has 1 atom stereocenters. The molecule has 0 amide bonds. The lowest BCUT2D eigenvalue weighted by Gasteiger charge is -2.12. The summed E-state index contributed by atoms with van der Waals surface area (Å²) in [6.07, 6.45) is -0.313. The van der Waals surface area contributed by atoms with Gasteiger partial charge in [0, 0.05) is 13.7 Å². The Labute approximate surface area is 101 Å². The minimum absolute atomic E-state index is 0.313. The average molecular weight is 241 g/mol. The van der Waals surface area contributed by atoms with Crippen LogP contribution in [0.5, 0.6) is 0 Å². The van der Waals surface area contributed by atoms with Crippen LogP contribution in [-0.4, -0.2) is 35.6 Å². The summed E-state index contributed by atoms with van der Waals surface area (Å²) in [6, 6.07) is 0. The fourth-order valence-corrected chi connectivity index (χ4v) is 1.55. The van der Waals surface area contributed by atoms with E-state index in [1.165, 1.54) is 0 Å². The molecule has 0 aromatic carbocycles. The molecule has 0 fully saturated rings. The third-order valence-electron chi connectivity index (χ3n) is 2.38. The molecule has 1 aromatic rings. The van der Waals surface area contributed by atoms with Crippen molar-refractivity contribution < 1.29 is 14.3 Å². The maximum atomic E-state index is 11.9. The normalized spacial score (nSPS) is 12.5. The second kappa shape index (κ2) is 5.67. The van der Waals surface area contributed by atoms with Crippen molar-refractivity contribution >= 4 is 11.7 Å². The van der Waals surface area contributed by atoms with E-state index >= 15 is 0 Å². The minimum Gasteiger partial charge on any atom is -0.455 e. The van der Waals surface area contributed by atoms with E-state index in [2.05, 4.69) is 5.10 Å². The molecule has 0 aliphatic rings. The molecule has 1 unspecified atom stereocenters. The Balaban J connectivity index is 2.88. The molecule has 96 valence electrons. The molecular weight excluding hydrogens is 222 g/mol. The summed E-state index contributed by atoms with van der Waals surface area (Å²) in [7, 11) is 1.55. The molecular formula is C11H19N3O3. The summed E-state index contributed by atoms with van der Waals surface area (Å²) in [5, 5.41) is 4.16. The van der Waals surface area contributed by atoms with Gasteiger partial charge in [-0.05, 0) is 20.8 Å². The number of carbonyl (C=O) groups is 1. The van der Waals surface area contributed by atoms with Crippen LogP contribution < -0.4 is 5.73 Å². The van der Waals surface area contributed by atoms with E-state index < -0.39 is 5.97 Å². The summed E-state index contributed by atoms with van der Waals surface area (Å²) >= 11 is 0.